The standard InChI is InChI=1S/C13H18ClN3O3/c1-3-9(7-12(15)17-19)16-13(18)10-6-8(14)4-5-11(10)20-2/h4-6,9,19H,3,7H2,1-2H3,(H2,15,17)(H,16,18). The summed E-state index contributed by atoms with van der Waals surface area (Å²) < 4.78 is 5.13. The zero-order chi connectivity index (χ0) is 15.1. The third kappa shape index (κ3) is 4.31. The summed E-state index contributed by atoms with van der Waals surface area (Å²) >= 11 is 5.89. The monoisotopic (exact) mass is 299 g/mol. The van der Waals surface area contributed by atoms with Gasteiger partial charge in [-0.2, -0.15) is 0 Å². The minimum Gasteiger partial charge on any atom is -0.496 e. The van der Waals surface area contributed by atoms with Crippen LogP contribution in [0.2, 0.25) is 5.02 Å². The Morgan fingerprint density at radius 3 is 2.85 bits per heavy atom. The van der Waals surface area contributed by atoms with Crippen LogP contribution in [0.15, 0.2) is 23.4 Å². The molecule has 110 valence electrons. The Morgan fingerprint density at radius 2 is 2.30 bits per heavy atom. The van der Waals surface area contributed by atoms with E-state index in [1.54, 1.807) is 12.1 Å². The van der Waals surface area contributed by atoms with Crippen LogP contribution in [0, 0.1) is 0 Å². The lowest BCUT2D eigenvalue weighted by Crippen LogP contribution is -2.37. The third-order valence-corrected chi connectivity index (χ3v) is 3.05. The summed E-state index contributed by atoms with van der Waals surface area (Å²) in [4.78, 5) is 12.2. The van der Waals surface area contributed by atoms with Crippen LogP contribution >= 0.6 is 11.6 Å². The van der Waals surface area contributed by atoms with Crippen molar-refractivity contribution in [3.05, 3.63) is 28.8 Å². The van der Waals surface area contributed by atoms with Crippen molar-refractivity contribution in [1.82, 2.24) is 5.32 Å². The van der Waals surface area contributed by atoms with E-state index in [0.29, 0.717) is 22.8 Å². The summed E-state index contributed by atoms with van der Waals surface area (Å²) in [6, 6.07) is 4.57. The fourth-order valence-corrected chi connectivity index (χ4v) is 1.88. The van der Waals surface area contributed by atoms with E-state index in [2.05, 4.69) is 10.5 Å². The van der Waals surface area contributed by atoms with Crippen LogP contribution in [0.25, 0.3) is 0 Å². The minimum atomic E-state index is -0.318. The van der Waals surface area contributed by atoms with Crippen molar-refractivity contribution in [3.63, 3.8) is 0 Å². The van der Waals surface area contributed by atoms with Gasteiger partial charge in [-0.25, -0.2) is 0 Å². The van der Waals surface area contributed by atoms with E-state index >= 15 is 0 Å². The maximum Gasteiger partial charge on any atom is 0.255 e. The fourth-order valence-electron chi connectivity index (χ4n) is 1.71. The number of nitrogens with two attached hydrogens (primary N) is 1. The molecule has 0 aliphatic rings. The van der Waals surface area contributed by atoms with Crippen molar-refractivity contribution in [3.8, 4) is 5.75 Å². The number of carbonyl (C=O) groups excluding carboxylic acids is 1. The quantitative estimate of drug-likeness (QED) is 0.324. The second-order valence-corrected chi connectivity index (χ2v) is 4.66. The number of amides is 1. The van der Waals surface area contributed by atoms with Crippen LogP contribution in [0.1, 0.15) is 30.1 Å². The first-order chi connectivity index (χ1) is 9.51. The van der Waals surface area contributed by atoms with Gasteiger partial charge in [0.25, 0.3) is 5.91 Å². The summed E-state index contributed by atoms with van der Waals surface area (Å²) in [5, 5.41) is 14.7. The van der Waals surface area contributed by atoms with Gasteiger partial charge in [0.2, 0.25) is 0 Å². The predicted molar refractivity (Wildman–Crippen MR) is 77.6 cm³/mol. The number of hydrogen-bond donors (Lipinski definition) is 3. The highest BCUT2D eigenvalue weighted by Crippen LogP contribution is 2.22. The van der Waals surface area contributed by atoms with E-state index in [4.69, 9.17) is 27.3 Å². The Hall–Kier alpha value is -1.95. The van der Waals surface area contributed by atoms with E-state index in [1.807, 2.05) is 6.92 Å². The van der Waals surface area contributed by atoms with Crippen molar-refractivity contribution < 1.29 is 14.7 Å². The molecule has 0 aliphatic heterocycles. The maximum atomic E-state index is 12.2. The third-order valence-electron chi connectivity index (χ3n) is 2.82. The molecule has 0 saturated heterocycles. The molecular formula is C13H18ClN3O3. The number of methoxy groups -OCH3 is 1. The topological polar surface area (TPSA) is 96.9 Å². The molecular weight excluding hydrogens is 282 g/mol. The van der Waals surface area contributed by atoms with Crippen LogP contribution in [0.5, 0.6) is 5.75 Å². The lowest BCUT2D eigenvalue weighted by atomic mass is 10.1. The largest absolute Gasteiger partial charge is 0.496 e. The number of halogens is 1. The molecule has 0 aromatic heterocycles. The SMILES string of the molecule is CCC(CC(N)=NO)NC(=O)c1cc(Cl)ccc1OC. The van der Waals surface area contributed by atoms with Gasteiger partial charge in [0.1, 0.15) is 11.6 Å². The van der Waals surface area contributed by atoms with Crippen LogP contribution < -0.4 is 15.8 Å². The van der Waals surface area contributed by atoms with Gasteiger partial charge in [0, 0.05) is 17.5 Å². The summed E-state index contributed by atoms with van der Waals surface area (Å²) in [5.74, 6) is 0.183. The van der Waals surface area contributed by atoms with Gasteiger partial charge in [0.15, 0.2) is 0 Å². The van der Waals surface area contributed by atoms with Gasteiger partial charge in [0.05, 0.1) is 12.7 Å². The van der Waals surface area contributed by atoms with Gasteiger partial charge >= 0.3 is 0 Å². The molecule has 0 radical (unpaired) electrons. The number of carbonyl (C=O) groups is 1. The molecule has 1 aromatic rings. The van der Waals surface area contributed by atoms with Crippen molar-refractivity contribution in [1.29, 1.82) is 0 Å². The van der Waals surface area contributed by atoms with E-state index in [-0.39, 0.29) is 24.2 Å². The lowest BCUT2D eigenvalue weighted by molar-refractivity contribution is 0.0934. The van der Waals surface area contributed by atoms with Gasteiger partial charge in [-0.1, -0.05) is 23.7 Å². The Morgan fingerprint density at radius 1 is 1.60 bits per heavy atom. The first kappa shape index (κ1) is 16.1. The van der Waals surface area contributed by atoms with Gasteiger partial charge in [-0.15, -0.1) is 0 Å². The molecule has 0 aliphatic carbocycles. The summed E-state index contributed by atoms with van der Waals surface area (Å²) in [6.07, 6.45) is 0.909. The second-order valence-electron chi connectivity index (χ2n) is 4.22. The molecule has 20 heavy (non-hydrogen) atoms. The second kappa shape index (κ2) is 7.59. The number of hydrogen-bond acceptors (Lipinski definition) is 4. The molecule has 0 fully saturated rings. The van der Waals surface area contributed by atoms with Crippen LogP contribution in [0.3, 0.4) is 0 Å². The molecule has 7 heteroatoms. The highest BCUT2D eigenvalue weighted by atomic mass is 35.5. The molecule has 1 amide bonds. The molecule has 6 nitrogen and oxygen atoms in total. The summed E-state index contributed by atoms with van der Waals surface area (Å²) in [5.41, 5.74) is 5.79. The molecule has 0 spiro atoms. The first-order valence-electron chi connectivity index (χ1n) is 6.12. The predicted octanol–water partition coefficient (Wildman–Crippen LogP) is 1.99. The molecule has 1 unspecified atom stereocenters. The van der Waals surface area contributed by atoms with Crippen molar-refractivity contribution in [2.75, 3.05) is 7.11 Å². The number of benzene rings is 1. The fraction of sp³-hybridized carbons (Fsp3) is 0.385. The smallest absolute Gasteiger partial charge is 0.255 e. The highest BCUT2D eigenvalue weighted by molar-refractivity contribution is 6.31. The first-order valence-corrected chi connectivity index (χ1v) is 6.50. The van der Waals surface area contributed by atoms with E-state index in [9.17, 15) is 4.79 Å². The normalized spacial score (nSPS) is 12.8. The summed E-state index contributed by atoms with van der Waals surface area (Å²) in [7, 11) is 1.48. The Kier molecular flexibility index (Phi) is 6.11. The van der Waals surface area contributed by atoms with Crippen LogP contribution in [-0.4, -0.2) is 30.1 Å². The van der Waals surface area contributed by atoms with Crippen molar-refractivity contribution in [2.45, 2.75) is 25.8 Å². The van der Waals surface area contributed by atoms with Crippen LogP contribution in [-0.2, 0) is 0 Å². The van der Waals surface area contributed by atoms with Gasteiger partial charge in [-0.05, 0) is 24.6 Å². The lowest BCUT2D eigenvalue weighted by Gasteiger charge is -2.17. The Balaban J connectivity index is 2.86. The molecule has 4 N–H and O–H groups in total. The van der Waals surface area contributed by atoms with E-state index in [0.717, 1.165) is 0 Å². The van der Waals surface area contributed by atoms with Crippen molar-refractivity contribution in [2.24, 2.45) is 10.9 Å². The van der Waals surface area contributed by atoms with Crippen molar-refractivity contribution >= 4 is 23.3 Å². The van der Waals surface area contributed by atoms with Gasteiger partial charge in [-0.3, -0.25) is 4.79 Å². The number of nitrogens with one attached hydrogen (secondary N) is 1. The molecule has 1 atom stereocenters. The zero-order valence-corrected chi connectivity index (χ0v) is 12.1. The van der Waals surface area contributed by atoms with Gasteiger partial charge < -0.3 is 21.0 Å². The number of amidine groups is 1. The molecule has 1 aromatic carbocycles. The van der Waals surface area contributed by atoms with E-state index in [1.165, 1.54) is 13.2 Å². The van der Waals surface area contributed by atoms with Crippen LogP contribution in [0.4, 0.5) is 0 Å². The highest BCUT2D eigenvalue weighted by Gasteiger charge is 2.17. The molecule has 0 heterocycles. The van der Waals surface area contributed by atoms with E-state index < -0.39 is 0 Å². The summed E-state index contributed by atoms with van der Waals surface area (Å²) in [6.45, 7) is 1.89. The number of ether oxygens (including phenoxy) is 1. The maximum absolute atomic E-state index is 12.2. The molecule has 0 bridgehead atoms. The Labute approximate surface area is 122 Å². The average molecular weight is 300 g/mol. The Bertz CT molecular complexity index is 506. The minimum absolute atomic E-state index is 0.0650. The number of nitrogens with zero attached hydrogens (tertiary/aromatic N) is 1. The zero-order valence-electron chi connectivity index (χ0n) is 11.4. The molecule has 1 rings (SSSR count). The number of oxime groups is 1. The molecule has 0 saturated carbocycles. The average Bonchev–Trinajstić information content (AvgIpc) is 2.45. The number of rotatable bonds is 6.